The molecular weight excluding hydrogens is 368 g/mol. The predicted octanol–water partition coefficient (Wildman–Crippen LogP) is 1.57. The van der Waals surface area contributed by atoms with Crippen LogP contribution in [0.5, 0.6) is 5.75 Å². The molecule has 1 aliphatic heterocycles. The number of ether oxygens (including phenoxy) is 2. The molecule has 0 saturated carbocycles. The van der Waals surface area contributed by atoms with E-state index in [0.29, 0.717) is 38.7 Å². The van der Waals surface area contributed by atoms with E-state index in [1.807, 2.05) is 0 Å². The van der Waals surface area contributed by atoms with Gasteiger partial charge in [0.2, 0.25) is 10.0 Å². The third-order valence-electron chi connectivity index (χ3n) is 4.69. The molecule has 0 radical (unpaired) electrons. The minimum Gasteiger partial charge on any atom is -0.494 e. The molecule has 1 saturated heterocycles. The van der Waals surface area contributed by atoms with Gasteiger partial charge >= 0.3 is 0 Å². The van der Waals surface area contributed by atoms with E-state index in [9.17, 15) is 13.5 Å². The van der Waals surface area contributed by atoms with Crippen molar-refractivity contribution in [2.45, 2.75) is 37.6 Å². The number of benzene rings is 1. The molecule has 7 nitrogen and oxygen atoms in total. The summed E-state index contributed by atoms with van der Waals surface area (Å²) in [7, 11) is -3.70. The third kappa shape index (κ3) is 6.43. The Labute approximate surface area is 162 Å². The van der Waals surface area contributed by atoms with E-state index in [0.717, 1.165) is 25.9 Å². The number of aliphatic hydroxyl groups excluding tert-OH is 1. The number of hydrogen-bond acceptors (Lipinski definition) is 6. The predicted molar refractivity (Wildman–Crippen MR) is 105 cm³/mol. The number of rotatable bonds is 11. The monoisotopic (exact) mass is 400 g/mol. The van der Waals surface area contributed by atoms with Crippen LogP contribution < -0.4 is 4.74 Å². The Morgan fingerprint density at radius 3 is 2.52 bits per heavy atom. The summed E-state index contributed by atoms with van der Waals surface area (Å²) in [5.41, 5.74) is 0. The second-order valence-corrected chi connectivity index (χ2v) is 8.67. The summed E-state index contributed by atoms with van der Waals surface area (Å²) in [5, 5.41) is 9.56. The zero-order chi connectivity index (χ0) is 19.7. The molecule has 0 aliphatic carbocycles. The quantitative estimate of drug-likeness (QED) is 0.568. The molecule has 0 spiro atoms. The van der Waals surface area contributed by atoms with E-state index in [1.54, 1.807) is 31.2 Å². The summed E-state index contributed by atoms with van der Waals surface area (Å²) in [6.07, 6.45) is 2.01. The summed E-state index contributed by atoms with van der Waals surface area (Å²) in [6.45, 7) is 8.09. The number of sulfonamides is 1. The maximum absolute atomic E-state index is 13.1. The van der Waals surface area contributed by atoms with Gasteiger partial charge in [-0.2, -0.15) is 4.31 Å². The fourth-order valence-corrected chi connectivity index (χ4v) is 4.52. The van der Waals surface area contributed by atoms with Crippen LogP contribution in [0.25, 0.3) is 0 Å². The van der Waals surface area contributed by atoms with E-state index in [4.69, 9.17) is 9.47 Å². The first-order chi connectivity index (χ1) is 13.0. The highest BCUT2D eigenvalue weighted by atomic mass is 32.2. The van der Waals surface area contributed by atoms with Gasteiger partial charge in [0, 0.05) is 32.2 Å². The molecule has 0 amide bonds. The van der Waals surface area contributed by atoms with Gasteiger partial charge in [0.15, 0.2) is 0 Å². The lowest BCUT2D eigenvalue weighted by molar-refractivity contribution is 0.0346. The van der Waals surface area contributed by atoms with E-state index in [2.05, 4.69) is 11.8 Å². The van der Waals surface area contributed by atoms with Crippen LogP contribution in [-0.4, -0.2) is 81.4 Å². The largest absolute Gasteiger partial charge is 0.494 e. The topological polar surface area (TPSA) is 79.3 Å². The summed E-state index contributed by atoms with van der Waals surface area (Å²) in [5.74, 6) is 0.664. The molecule has 0 unspecified atom stereocenters. The van der Waals surface area contributed by atoms with Crippen molar-refractivity contribution in [1.29, 1.82) is 0 Å². The lowest BCUT2D eigenvalue weighted by atomic mass is 10.3. The molecule has 8 heteroatoms. The fraction of sp³-hybridized carbons (Fsp3) is 0.684. The van der Waals surface area contributed by atoms with Crippen LogP contribution in [0.3, 0.4) is 0 Å². The SMILES string of the molecule is CCCCOc1ccc(S(=O)(=O)N(CCN2CCOCC2)[C@H](C)CO)cc1. The van der Waals surface area contributed by atoms with E-state index < -0.39 is 16.1 Å². The van der Waals surface area contributed by atoms with Crippen molar-refractivity contribution in [3.8, 4) is 5.75 Å². The van der Waals surface area contributed by atoms with Gasteiger partial charge in [0.05, 0.1) is 31.3 Å². The van der Waals surface area contributed by atoms with Gasteiger partial charge in [-0.15, -0.1) is 0 Å². The van der Waals surface area contributed by atoms with Gasteiger partial charge in [0.1, 0.15) is 5.75 Å². The Morgan fingerprint density at radius 2 is 1.93 bits per heavy atom. The van der Waals surface area contributed by atoms with Crippen molar-refractivity contribution < 1.29 is 23.0 Å². The van der Waals surface area contributed by atoms with E-state index in [1.165, 1.54) is 4.31 Å². The Bertz CT molecular complexity index is 645. The summed E-state index contributed by atoms with van der Waals surface area (Å²) in [4.78, 5) is 2.40. The minimum atomic E-state index is -3.70. The standard InChI is InChI=1S/C19H32N2O5S/c1-3-4-13-26-18-5-7-19(8-6-18)27(23,24)21(17(2)16-22)10-9-20-11-14-25-15-12-20/h5-8,17,22H,3-4,9-16H2,1-2H3/t17-/m1/s1. The fourth-order valence-electron chi connectivity index (χ4n) is 2.91. The summed E-state index contributed by atoms with van der Waals surface area (Å²) >= 11 is 0. The third-order valence-corrected chi connectivity index (χ3v) is 6.72. The smallest absolute Gasteiger partial charge is 0.243 e. The second kappa shape index (κ2) is 11.0. The van der Waals surface area contributed by atoms with Gasteiger partial charge in [-0.25, -0.2) is 8.42 Å². The molecule has 1 aliphatic rings. The Balaban J connectivity index is 2.07. The molecule has 27 heavy (non-hydrogen) atoms. The van der Waals surface area contributed by atoms with Crippen LogP contribution in [0, 0.1) is 0 Å². The van der Waals surface area contributed by atoms with Crippen LogP contribution >= 0.6 is 0 Å². The van der Waals surface area contributed by atoms with Crippen molar-refractivity contribution in [3.63, 3.8) is 0 Å². The maximum atomic E-state index is 13.1. The number of unbranched alkanes of at least 4 members (excludes halogenated alkanes) is 1. The minimum absolute atomic E-state index is 0.215. The zero-order valence-corrected chi connectivity index (χ0v) is 17.2. The first-order valence-corrected chi connectivity index (χ1v) is 11.1. The summed E-state index contributed by atoms with van der Waals surface area (Å²) in [6, 6.07) is 6.03. The maximum Gasteiger partial charge on any atom is 0.243 e. The summed E-state index contributed by atoms with van der Waals surface area (Å²) < 4.78 is 38.5. The number of nitrogens with zero attached hydrogens (tertiary/aromatic N) is 2. The highest BCUT2D eigenvalue weighted by molar-refractivity contribution is 7.89. The first kappa shape index (κ1) is 22.1. The molecule has 1 fully saturated rings. The molecule has 0 aromatic heterocycles. The van der Waals surface area contributed by atoms with Crippen LogP contribution in [0.15, 0.2) is 29.2 Å². The molecule has 154 valence electrons. The number of hydrogen-bond donors (Lipinski definition) is 1. The number of morpholine rings is 1. The molecule has 1 atom stereocenters. The molecular formula is C19H32N2O5S. The normalized spacial score (nSPS) is 17.2. The lowest BCUT2D eigenvalue weighted by Crippen LogP contribution is -2.47. The Kier molecular flexibility index (Phi) is 8.98. The van der Waals surface area contributed by atoms with E-state index >= 15 is 0 Å². The second-order valence-electron chi connectivity index (χ2n) is 6.77. The highest BCUT2D eigenvalue weighted by Gasteiger charge is 2.29. The van der Waals surface area contributed by atoms with Crippen LogP contribution in [0.1, 0.15) is 26.7 Å². The average molecular weight is 401 g/mol. The van der Waals surface area contributed by atoms with Gasteiger partial charge in [-0.3, -0.25) is 4.90 Å². The van der Waals surface area contributed by atoms with Crippen LogP contribution in [0.4, 0.5) is 0 Å². The van der Waals surface area contributed by atoms with Crippen LogP contribution in [0.2, 0.25) is 0 Å². The molecule has 0 bridgehead atoms. The highest BCUT2D eigenvalue weighted by Crippen LogP contribution is 2.21. The van der Waals surface area contributed by atoms with Gasteiger partial charge < -0.3 is 14.6 Å². The van der Waals surface area contributed by atoms with E-state index in [-0.39, 0.29) is 11.5 Å². The Hall–Kier alpha value is -1.19. The van der Waals surface area contributed by atoms with Crippen molar-refractivity contribution >= 4 is 10.0 Å². The molecule has 2 rings (SSSR count). The van der Waals surface area contributed by atoms with Gasteiger partial charge in [0.25, 0.3) is 0 Å². The van der Waals surface area contributed by atoms with Gasteiger partial charge in [-0.05, 0) is 37.6 Å². The Morgan fingerprint density at radius 1 is 1.26 bits per heavy atom. The van der Waals surface area contributed by atoms with Crippen molar-refractivity contribution in [1.82, 2.24) is 9.21 Å². The first-order valence-electron chi connectivity index (χ1n) is 9.64. The average Bonchev–Trinajstić information content (AvgIpc) is 2.69. The molecule has 1 aromatic carbocycles. The number of aliphatic hydroxyl groups is 1. The molecule has 1 N–H and O–H groups in total. The molecule has 1 aromatic rings. The van der Waals surface area contributed by atoms with Crippen molar-refractivity contribution in [2.75, 3.05) is 52.6 Å². The molecule has 1 heterocycles. The zero-order valence-electron chi connectivity index (χ0n) is 16.3. The van der Waals surface area contributed by atoms with Crippen molar-refractivity contribution in [2.24, 2.45) is 0 Å². The van der Waals surface area contributed by atoms with Crippen molar-refractivity contribution in [3.05, 3.63) is 24.3 Å². The lowest BCUT2D eigenvalue weighted by Gasteiger charge is -2.32. The van der Waals surface area contributed by atoms with Gasteiger partial charge in [-0.1, -0.05) is 13.3 Å². The van der Waals surface area contributed by atoms with Crippen LogP contribution in [-0.2, 0) is 14.8 Å².